The lowest BCUT2D eigenvalue weighted by Crippen LogP contribution is -2.53. The van der Waals surface area contributed by atoms with Crippen LogP contribution in [0, 0.1) is 11.6 Å². The van der Waals surface area contributed by atoms with Crippen molar-refractivity contribution in [3.05, 3.63) is 65.7 Å². The third kappa shape index (κ3) is 8.89. The zero-order valence-corrected chi connectivity index (χ0v) is 22.2. The Kier molecular flexibility index (Phi) is 9.98. The van der Waals surface area contributed by atoms with Crippen molar-refractivity contribution < 1.29 is 26.8 Å². The summed E-state index contributed by atoms with van der Waals surface area (Å²) in [5.41, 5.74) is 0.460. The highest BCUT2D eigenvalue weighted by molar-refractivity contribution is 7.92. The Morgan fingerprint density at radius 3 is 1.97 bits per heavy atom. The number of hydrogen-bond donors (Lipinski definition) is 1. The maximum atomic E-state index is 13.4. The van der Waals surface area contributed by atoms with Crippen LogP contribution in [0.15, 0.2) is 48.5 Å². The fourth-order valence-electron chi connectivity index (χ4n) is 3.77. The number of carbonyl (C=O) groups excluding carboxylic acids is 2. The number of benzene rings is 2. The van der Waals surface area contributed by atoms with Crippen molar-refractivity contribution in [2.45, 2.75) is 65.1 Å². The maximum absolute atomic E-state index is 13.4. The molecule has 1 atom stereocenters. The van der Waals surface area contributed by atoms with Crippen molar-refractivity contribution in [2.24, 2.45) is 0 Å². The lowest BCUT2D eigenvalue weighted by Gasteiger charge is -2.33. The summed E-state index contributed by atoms with van der Waals surface area (Å²) >= 11 is 0. The van der Waals surface area contributed by atoms with Crippen LogP contribution in [0.25, 0.3) is 0 Å². The van der Waals surface area contributed by atoms with Crippen molar-refractivity contribution in [2.75, 3.05) is 17.1 Å². The van der Waals surface area contributed by atoms with Crippen molar-refractivity contribution >= 4 is 27.5 Å². The van der Waals surface area contributed by atoms with E-state index in [1.807, 2.05) is 20.8 Å². The standard InChI is InChI=1S/C26H35F2N3O4S/c1-6-23(25(33)29-26(2,3)4)30(18-19-9-11-20(27)12-10-19)24(32)8-7-17-31(36(5,34)35)22-15-13-21(28)14-16-22/h9-16,23H,6-8,17-18H2,1-5H3,(H,29,33)/t23-/m1/s1. The van der Waals surface area contributed by atoms with E-state index in [1.54, 1.807) is 19.1 Å². The molecule has 198 valence electrons. The first-order chi connectivity index (χ1) is 16.7. The number of rotatable bonds is 11. The first kappa shape index (κ1) is 29.2. The summed E-state index contributed by atoms with van der Waals surface area (Å²) in [5.74, 6) is -1.53. The molecule has 7 nitrogen and oxygen atoms in total. The van der Waals surface area contributed by atoms with E-state index >= 15 is 0 Å². The molecule has 2 aromatic carbocycles. The van der Waals surface area contributed by atoms with Gasteiger partial charge in [-0.2, -0.15) is 0 Å². The van der Waals surface area contributed by atoms with Gasteiger partial charge in [-0.15, -0.1) is 0 Å². The molecule has 0 spiro atoms. The van der Waals surface area contributed by atoms with E-state index in [0.717, 1.165) is 10.6 Å². The molecule has 0 saturated heterocycles. The van der Waals surface area contributed by atoms with E-state index < -0.39 is 33.2 Å². The molecule has 2 aromatic rings. The molecule has 0 radical (unpaired) electrons. The second-order valence-corrected chi connectivity index (χ2v) is 11.6. The second kappa shape index (κ2) is 12.3. The lowest BCUT2D eigenvalue weighted by molar-refractivity contribution is -0.142. The van der Waals surface area contributed by atoms with Gasteiger partial charge in [0.25, 0.3) is 0 Å². The molecule has 36 heavy (non-hydrogen) atoms. The summed E-state index contributed by atoms with van der Waals surface area (Å²) in [7, 11) is -3.67. The van der Waals surface area contributed by atoms with Crippen molar-refractivity contribution in [1.82, 2.24) is 10.2 Å². The SMILES string of the molecule is CC[C@H](C(=O)NC(C)(C)C)N(Cc1ccc(F)cc1)C(=O)CCCN(c1ccc(F)cc1)S(C)(=O)=O. The van der Waals surface area contributed by atoms with E-state index in [-0.39, 0.29) is 37.7 Å². The van der Waals surface area contributed by atoms with Crippen LogP contribution in [0.3, 0.4) is 0 Å². The van der Waals surface area contributed by atoms with E-state index in [2.05, 4.69) is 5.32 Å². The second-order valence-electron chi connectivity index (χ2n) is 9.73. The van der Waals surface area contributed by atoms with Gasteiger partial charge in [-0.1, -0.05) is 19.1 Å². The number of hydrogen-bond acceptors (Lipinski definition) is 4. The number of amides is 2. The predicted molar refractivity (Wildman–Crippen MR) is 137 cm³/mol. The van der Waals surface area contributed by atoms with E-state index in [9.17, 15) is 26.8 Å². The molecule has 2 amide bonds. The number of nitrogens with one attached hydrogen (secondary N) is 1. The number of halogens is 2. The number of nitrogens with zero attached hydrogens (tertiary/aromatic N) is 2. The normalized spacial score (nSPS) is 12.6. The Hall–Kier alpha value is -3.01. The molecular formula is C26H35F2N3O4S. The van der Waals surface area contributed by atoms with Crippen LogP contribution in [-0.2, 0) is 26.2 Å². The molecule has 0 unspecified atom stereocenters. The zero-order chi connectivity index (χ0) is 27.1. The molecule has 0 aromatic heterocycles. The van der Waals surface area contributed by atoms with Gasteiger partial charge in [-0.25, -0.2) is 17.2 Å². The van der Waals surface area contributed by atoms with Crippen LogP contribution >= 0.6 is 0 Å². The summed E-state index contributed by atoms with van der Waals surface area (Å²) in [6, 6.07) is 10.0. The summed E-state index contributed by atoms with van der Waals surface area (Å²) in [4.78, 5) is 27.8. The lowest BCUT2D eigenvalue weighted by atomic mass is 10.0. The molecule has 0 aliphatic rings. The topological polar surface area (TPSA) is 86.8 Å². The minimum absolute atomic E-state index is 0.00553. The number of anilines is 1. The summed E-state index contributed by atoms with van der Waals surface area (Å²) in [5, 5.41) is 2.91. The monoisotopic (exact) mass is 523 g/mol. The van der Waals surface area contributed by atoms with Crippen LogP contribution in [0.4, 0.5) is 14.5 Å². The Labute approximate surface area is 212 Å². The predicted octanol–water partition coefficient (Wildman–Crippen LogP) is 4.23. The summed E-state index contributed by atoms with van der Waals surface area (Å²) in [6.07, 6.45) is 1.57. The fraction of sp³-hybridized carbons (Fsp3) is 0.462. The quantitative estimate of drug-likeness (QED) is 0.478. The molecule has 10 heteroatoms. The van der Waals surface area contributed by atoms with Gasteiger partial charge in [0, 0.05) is 25.0 Å². The molecule has 0 heterocycles. The Bertz CT molecular complexity index is 1130. The Morgan fingerprint density at radius 2 is 1.50 bits per heavy atom. The van der Waals surface area contributed by atoms with Crippen LogP contribution < -0.4 is 9.62 Å². The van der Waals surface area contributed by atoms with Gasteiger partial charge in [0.1, 0.15) is 17.7 Å². The molecular weight excluding hydrogens is 488 g/mol. The number of carbonyl (C=O) groups is 2. The van der Waals surface area contributed by atoms with Gasteiger partial charge >= 0.3 is 0 Å². The minimum Gasteiger partial charge on any atom is -0.350 e. The minimum atomic E-state index is -3.67. The zero-order valence-electron chi connectivity index (χ0n) is 21.4. The maximum Gasteiger partial charge on any atom is 0.243 e. The average molecular weight is 524 g/mol. The van der Waals surface area contributed by atoms with Gasteiger partial charge in [-0.05, 0) is 75.6 Å². The van der Waals surface area contributed by atoms with Gasteiger partial charge in [-0.3, -0.25) is 13.9 Å². The van der Waals surface area contributed by atoms with E-state index in [1.165, 1.54) is 41.3 Å². The van der Waals surface area contributed by atoms with Crippen molar-refractivity contribution in [3.8, 4) is 0 Å². The van der Waals surface area contributed by atoms with Crippen molar-refractivity contribution in [3.63, 3.8) is 0 Å². The first-order valence-corrected chi connectivity index (χ1v) is 13.7. The Morgan fingerprint density at radius 1 is 0.972 bits per heavy atom. The third-order valence-corrected chi connectivity index (χ3v) is 6.61. The van der Waals surface area contributed by atoms with Crippen LogP contribution in [0.5, 0.6) is 0 Å². The Balaban J connectivity index is 2.22. The van der Waals surface area contributed by atoms with Crippen molar-refractivity contribution in [1.29, 1.82) is 0 Å². The number of sulfonamides is 1. The molecule has 2 rings (SSSR count). The van der Waals surface area contributed by atoms with Gasteiger partial charge in [0.2, 0.25) is 21.8 Å². The molecule has 0 fully saturated rings. The molecule has 1 N–H and O–H groups in total. The third-order valence-electron chi connectivity index (χ3n) is 5.42. The first-order valence-electron chi connectivity index (χ1n) is 11.8. The highest BCUT2D eigenvalue weighted by Gasteiger charge is 2.30. The smallest absolute Gasteiger partial charge is 0.243 e. The van der Waals surface area contributed by atoms with E-state index in [0.29, 0.717) is 17.7 Å². The fourth-order valence-corrected chi connectivity index (χ4v) is 4.74. The molecule has 0 bridgehead atoms. The van der Waals surface area contributed by atoms with E-state index in [4.69, 9.17) is 0 Å². The van der Waals surface area contributed by atoms with Crippen LogP contribution in [0.2, 0.25) is 0 Å². The summed E-state index contributed by atoms with van der Waals surface area (Å²) in [6.45, 7) is 7.45. The van der Waals surface area contributed by atoms with Gasteiger partial charge in [0.05, 0.1) is 11.9 Å². The molecule has 0 saturated carbocycles. The van der Waals surface area contributed by atoms with Crippen LogP contribution in [-0.4, -0.2) is 49.5 Å². The van der Waals surface area contributed by atoms with Gasteiger partial charge in [0.15, 0.2) is 0 Å². The van der Waals surface area contributed by atoms with Crippen LogP contribution in [0.1, 0.15) is 52.5 Å². The summed E-state index contributed by atoms with van der Waals surface area (Å²) < 4.78 is 52.5. The largest absolute Gasteiger partial charge is 0.350 e. The molecule has 0 aliphatic heterocycles. The van der Waals surface area contributed by atoms with Gasteiger partial charge < -0.3 is 10.2 Å². The highest BCUT2D eigenvalue weighted by atomic mass is 32.2. The molecule has 0 aliphatic carbocycles. The average Bonchev–Trinajstić information content (AvgIpc) is 2.76. The highest BCUT2D eigenvalue weighted by Crippen LogP contribution is 2.20.